The summed E-state index contributed by atoms with van der Waals surface area (Å²) < 4.78 is 10.5. The smallest absolute Gasteiger partial charge is 0.306 e. The lowest BCUT2D eigenvalue weighted by Crippen LogP contribution is -2.28. The summed E-state index contributed by atoms with van der Waals surface area (Å²) in [5, 5.41) is 9.48. The third-order valence-corrected chi connectivity index (χ3v) is 7.50. The summed E-state index contributed by atoms with van der Waals surface area (Å²) in [5.74, 6) is -0.598. The fourth-order valence-corrected chi connectivity index (χ4v) is 4.82. The first kappa shape index (κ1) is 39.4. The summed E-state index contributed by atoms with van der Waals surface area (Å²) in [7, 11) is 0. The summed E-state index contributed by atoms with van der Waals surface area (Å²) >= 11 is 0. The zero-order valence-electron chi connectivity index (χ0n) is 27.1. The first-order valence-electron chi connectivity index (χ1n) is 17.4. The van der Waals surface area contributed by atoms with Gasteiger partial charge in [0.2, 0.25) is 0 Å². The second kappa shape index (κ2) is 32.9. The highest BCUT2D eigenvalue weighted by Crippen LogP contribution is 2.13. The van der Waals surface area contributed by atoms with Crippen molar-refractivity contribution >= 4 is 11.9 Å². The molecule has 5 heteroatoms. The van der Waals surface area contributed by atoms with Crippen molar-refractivity contribution in [3.63, 3.8) is 0 Å². The van der Waals surface area contributed by atoms with E-state index < -0.39 is 6.10 Å². The number of allylic oxidation sites excluding steroid dienone is 4. The van der Waals surface area contributed by atoms with Gasteiger partial charge in [-0.1, -0.05) is 141 Å². The molecule has 0 bridgehead atoms. The van der Waals surface area contributed by atoms with Crippen LogP contribution >= 0.6 is 0 Å². The Balaban J connectivity index is 3.54. The number of carbonyl (C=O) groups is 2. The Morgan fingerprint density at radius 2 is 0.976 bits per heavy atom. The number of rotatable bonds is 31. The number of aliphatic hydroxyl groups is 1. The summed E-state index contributed by atoms with van der Waals surface area (Å²) in [4.78, 5) is 24.0. The lowest BCUT2D eigenvalue weighted by molar-refractivity contribution is -0.161. The van der Waals surface area contributed by atoms with Gasteiger partial charge in [0, 0.05) is 12.8 Å². The molecule has 0 saturated carbocycles. The Labute approximate surface area is 253 Å². The molecule has 0 aliphatic rings. The Hall–Kier alpha value is -1.62. The van der Waals surface area contributed by atoms with E-state index in [9.17, 15) is 14.7 Å². The van der Waals surface area contributed by atoms with Gasteiger partial charge in [0.1, 0.15) is 6.61 Å². The van der Waals surface area contributed by atoms with Crippen LogP contribution in [0.1, 0.15) is 174 Å². The molecular formula is C36H66O5. The Bertz CT molecular complexity index is 627. The molecule has 0 spiro atoms. The second-order valence-corrected chi connectivity index (χ2v) is 11.6. The van der Waals surface area contributed by atoms with E-state index in [-0.39, 0.29) is 25.2 Å². The van der Waals surface area contributed by atoms with Crippen LogP contribution in [0.4, 0.5) is 0 Å². The highest BCUT2D eigenvalue weighted by atomic mass is 16.6. The highest BCUT2D eigenvalue weighted by Gasteiger charge is 2.16. The number of hydrogen-bond acceptors (Lipinski definition) is 5. The van der Waals surface area contributed by atoms with Gasteiger partial charge in [-0.2, -0.15) is 0 Å². The van der Waals surface area contributed by atoms with E-state index in [2.05, 4.69) is 38.2 Å². The monoisotopic (exact) mass is 578 g/mol. The second-order valence-electron chi connectivity index (χ2n) is 11.6. The minimum absolute atomic E-state index is 0.0646. The van der Waals surface area contributed by atoms with Gasteiger partial charge >= 0.3 is 11.9 Å². The van der Waals surface area contributed by atoms with Gasteiger partial charge in [-0.25, -0.2) is 0 Å². The average Bonchev–Trinajstić information content (AvgIpc) is 2.97. The molecule has 1 N–H and O–H groups in total. The lowest BCUT2D eigenvalue weighted by Gasteiger charge is -2.15. The Morgan fingerprint density at radius 3 is 1.49 bits per heavy atom. The molecule has 0 aromatic rings. The molecule has 0 aromatic heterocycles. The van der Waals surface area contributed by atoms with E-state index in [0.717, 1.165) is 44.9 Å². The molecule has 0 aliphatic heterocycles. The van der Waals surface area contributed by atoms with Crippen LogP contribution in [0.5, 0.6) is 0 Å². The number of unbranched alkanes of at least 4 members (excludes halogenated alkanes) is 19. The van der Waals surface area contributed by atoms with Crippen LogP contribution in [-0.4, -0.2) is 36.4 Å². The van der Waals surface area contributed by atoms with E-state index in [0.29, 0.717) is 12.8 Å². The molecule has 0 fully saturated rings. The molecule has 1 atom stereocenters. The predicted molar refractivity (Wildman–Crippen MR) is 173 cm³/mol. The maximum Gasteiger partial charge on any atom is 0.306 e. The third kappa shape index (κ3) is 31.2. The highest BCUT2D eigenvalue weighted by molar-refractivity contribution is 5.70. The first-order valence-corrected chi connectivity index (χ1v) is 17.4. The van der Waals surface area contributed by atoms with Crippen LogP contribution in [0.25, 0.3) is 0 Å². The minimum atomic E-state index is -0.766. The third-order valence-electron chi connectivity index (χ3n) is 7.50. The van der Waals surface area contributed by atoms with Crippen molar-refractivity contribution in [1.82, 2.24) is 0 Å². The van der Waals surface area contributed by atoms with Crippen LogP contribution in [0.2, 0.25) is 0 Å². The lowest BCUT2D eigenvalue weighted by atomic mass is 10.1. The number of carbonyl (C=O) groups excluding carboxylic acids is 2. The van der Waals surface area contributed by atoms with Gasteiger partial charge in [0.25, 0.3) is 0 Å². The number of hydrogen-bond donors (Lipinski definition) is 1. The van der Waals surface area contributed by atoms with Crippen molar-refractivity contribution in [2.75, 3.05) is 13.2 Å². The molecule has 240 valence electrons. The van der Waals surface area contributed by atoms with Crippen molar-refractivity contribution in [2.24, 2.45) is 0 Å². The average molecular weight is 579 g/mol. The quantitative estimate of drug-likeness (QED) is 0.0503. The molecule has 0 heterocycles. The van der Waals surface area contributed by atoms with Gasteiger partial charge in [-0.05, 0) is 44.9 Å². The summed E-state index contributed by atoms with van der Waals surface area (Å²) in [5.41, 5.74) is 0. The Morgan fingerprint density at radius 1 is 0.561 bits per heavy atom. The predicted octanol–water partition coefficient (Wildman–Crippen LogP) is 10.3. The van der Waals surface area contributed by atoms with Crippen molar-refractivity contribution < 1.29 is 24.2 Å². The Kier molecular flexibility index (Phi) is 31.6. The SMILES string of the molecule is CCCCC/C=C\C/C=C\CCCCCCCCCCCC(=O)OC(CO)COC(=O)CCCCCCCCCC. The molecule has 0 radical (unpaired) electrons. The minimum Gasteiger partial charge on any atom is -0.462 e. The summed E-state index contributed by atoms with van der Waals surface area (Å²) in [6, 6.07) is 0. The zero-order chi connectivity index (χ0) is 30.1. The molecule has 5 nitrogen and oxygen atoms in total. The fourth-order valence-electron chi connectivity index (χ4n) is 4.82. The van der Waals surface area contributed by atoms with Crippen LogP contribution in [-0.2, 0) is 19.1 Å². The molecule has 0 aliphatic carbocycles. The largest absolute Gasteiger partial charge is 0.462 e. The molecule has 41 heavy (non-hydrogen) atoms. The standard InChI is InChI=1S/C36H66O5/c1-3-5-7-9-11-13-14-15-16-17-18-19-20-21-22-23-25-27-29-31-36(39)41-34(32-37)33-40-35(38)30-28-26-24-12-10-8-6-4-2/h11,13,15-16,34,37H,3-10,12,14,17-33H2,1-2H3/b13-11-,16-15-. The van der Waals surface area contributed by atoms with E-state index in [4.69, 9.17) is 9.47 Å². The molecule has 0 rings (SSSR count). The van der Waals surface area contributed by atoms with E-state index in [1.54, 1.807) is 0 Å². The van der Waals surface area contributed by atoms with Gasteiger partial charge in [0.05, 0.1) is 6.61 Å². The van der Waals surface area contributed by atoms with E-state index >= 15 is 0 Å². The van der Waals surface area contributed by atoms with Crippen LogP contribution in [0.15, 0.2) is 24.3 Å². The number of ether oxygens (including phenoxy) is 2. The summed E-state index contributed by atoms with van der Waals surface area (Å²) in [6.45, 7) is 4.07. The molecular weight excluding hydrogens is 512 g/mol. The maximum atomic E-state index is 12.1. The zero-order valence-corrected chi connectivity index (χ0v) is 27.1. The van der Waals surface area contributed by atoms with E-state index in [1.807, 2.05) is 0 Å². The van der Waals surface area contributed by atoms with Crippen LogP contribution < -0.4 is 0 Å². The van der Waals surface area contributed by atoms with Crippen molar-refractivity contribution in [2.45, 2.75) is 180 Å². The number of aliphatic hydroxyl groups excluding tert-OH is 1. The number of esters is 2. The topological polar surface area (TPSA) is 72.8 Å². The van der Waals surface area contributed by atoms with Crippen molar-refractivity contribution in [3.05, 3.63) is 24.3 Å². The maximum absolute atomic E-state index is 12.1. The van der Waals surface area contributed by atoms with Crippen LogP contribution in [0, 0.1) is 0 Å². The van der Waals surface area contributed by atoms with Crippen LogP contribution in [0.3, 0.4) is 0 Å². The van der Waals surface area contributed by atoms with Gasteiger partial charge < -0.3 is 14.6 Å². The normalized spacial score (nSPS) is 12.4. The van der Waals surface area contributed by atoms with Crippen molar-refractivity contribution in [3.8, 4) is 0 Å². The molecule has 0 aromatic carbocycles. The molecule has 1 unspecified atom stereocenters. The molecule has 0 amide bonds. The van der Waals surface area contributed by atoms with Gasteiger partial charge in [-0.15, -0.1) is 0 Å². The fraction of sp³-hybridized carbons (Fsp3) is 0.833. The summed E-state index contributed by atoms with van der Waals surface area (Å²) in [6.07, 6.45) is 36.7. The molecule has 0 saturated heterocycles. The van der Waals surface area contributed by atoms with E-state index in [1.165, 1.54) is 103 Å². The van der Waals surface area contributed by atoms with Gasteiger partial charge in [0.15, 0.2) is 6.10 Å². The van der Waals surface area contributed by atoms with Crippen molar-refractivity contribution in [1.29, 1.82) is 0 Å². The van der Waals surface area contributed by atoms with Gasteiger partial charge in [-0.3, -0.25) is 9.59 Å². The first-order chi connectivity index (χ1) is 20.1.